The Hall–Kier alpha value is -1.55. The number of ether oxygens (including phenoxy) is 1. The second-order valence-electron chi connectivity index (χ2n) is 4.59. The van der Waals surface area contributed by atoms with E-state index >= 15 is 0 Å². The fourth-order valence-corrected chi connectivity index (χ4v) is 1.78. The molecule has 0 fully saturated rings. The number of aryl methyl sites for hydroxylation is 1. The number of carboxylic acid groups (broad SMARTS) is 1. The van der Waals surface area contributed by atoms with Gasteiger partial charge in [0.15, 0.2) is 0 Å². The van der Waals surface area contributed by atoms with E-state index in [0.29, 0.717) is 6.42 Å². The molecule has 0 saturated carbocycles. The molecule has 4 nitrogen and oxygen atoms in total. The van der Waals surface area contributed by atoms with Gasteiger partial charge >= 0.3 is 5.97 Å². The van der Waals surface area contributed by atoms with Gasteiger partial charge in [0, 0.05) is 13.0 Å². The van der Waals surface area contributed by atoms with Crippen molar-refractivity contribution in [1.82, 2.24) is 4.90 Å². The van der Waals surface area contributed by atoms with E-state index in [0.717, 1.165) is 24.3 Å². The van der Waals surface area contributed by atoms with Gasteiger partial charge in [-0.2, -0.15) is 0 Å². The van der Waals surface area contributed by atoms with Gasteiger partial charge in [0.1, 0.15) is 5.75 Å². The molecule has 0 radical (unpaired) electrons. The molecule has 0 aliphatic carbocycles. The molecule has 18 heavy (non-hydrogen) atoms. The quantitative estimate of drug-likeness (QED) is 0.803. The lowest BCUT2D eigenvalue weighted by Crippen LogP contribution is -2.15. The summed E-state index contributed by atoms with van der Waals surface area (Å²) >= 11 is 0. The van der Waals surface area contributed by atoms with Crippen molar-refractivity contribution in [2.75, 3.05) is 27.7 Å². The molecule has 0 spiro atoms. The molecule has 1 aromatic rings. The lowest BCUT2D eigenvalue weighted by Gasteiger charge is -2.12. The van der Waals surface area contributed by atoms with Crippen molar-refractivity contribution >= 4 is 5.97 Å². The minimum absolute atomic E-state index is 0.132. The van der Waals surface area contributed by atoms with E-state index in [4.69, 9.17) is 9.84 Å². The van der Waals surface area contributed by atoms with E-state index in [1.165, 1.54) is 5.56 Å². The summed E-state index contributed by atoms with van der Waals surface area (Å²) in [7, 11) is 5.68. The Balaban J connectivity index is 2.77. The predicted molar refractivity (Wildman–Crippen MR) is 71.2 cm³/mol. The van der Waals surface area contributed by atoms with Crippen molar-refractivity contribution in [3.8, 4) is 5.75 Å². The number of methoxy groups -OCH3 is 1. The van der Waals surface area contributed by atoms with Crippen molar-refractivity contribution in [2.45, 2.75) is 19.3 Å². The monoisotopic (exact) mass is 251 g/mol. The van der Waals surface area contributed by atoms with Gasteiger partial charge in [-0.25, -0.2) is 0 Å². The van der Waals surface area contributed by atoms with Crippen molar-refractivity contribution in [3.63, 3.8) is 0 Å². The largest absolute Gasteiger partial charge is 0.496 e. The maximum absolute atomic E-state index is 10.6. The zero-order valence-corrected chi connectivity index (χ0v) is 11.3. The summed E-state index contributed by atoms with van der Waals surface area (Å²) < 4.78 is 5.25. The van der Waals surface area contributed by atoms with Crippen LogP contribution in [0.3, 0.4) is 0 Å². The Morgan fingerprint density at radius 3 is 2.61 bits per heavy atom. The molecule has 4 heteroatoms. The highest BCUT2D eigenvalue weighted by Crippen LogP contribution is 2.21. The number of carboxylic acids is 1. The van der Waals surface area contributed by atoms with Gasteiger partial charge in [0.2, 0.25) is 0 Å². The molecular weight excluding hydrogens is 230 g/mol. The van der Waals surface area contributed by atoms with E-state index in [2.05, 4.69) is 4.90 Å². The first-order valence-corrected chi connectivity index (χ1v) is 6.05. The second kappa shape index (κ2) is 7.01. The van der Waals surface area contributed by atoms with Gasteiger partial charge in [-0.1, -0.05) is 12.1 Å². The molecule has 0 heterocycles. The standard InChI is InChI=1S/C14H21NO3/c1-15(2)9-8-11-4-6-13(18-3)12(10-11)5-7-14(16)17/h4,6,10H,5,7-9H2,1-3H3,(H,16,17). The van der Waals surface area contributed by atoms with Gasteiger partial charge in [0.25, 0.3) is 0 Å². The summed E-state index contributed by atoms with van der Waals surface area (Å²) in [4.78, 5) is 12.8. The van der Waals surface area contributed by atoms with E-state index in [-0.39, 0.29) is 6.42 Å². The zero-order chi connectivity index (χ0) is 13.5. The maximum Gasteiger partial charge on any atom is 0.303 e. The number of benzene rings is 1. The van der Waals surface area contributed by atoms with Crippen LogP contribution < -0.4 is 4.74 Å². The molecule has 1 N–H and O–H groups in total. The van der Waals surface area contributed by atoms with Crippen molar-refractivity contribution in [3.05, 3.63) is 29.3 Å². The highest BCUT2D eigenvalue weighted by Gasteiger charge is 2.07. The van der Waals surface area contributed by atoms with Gasteiger partial charge in [-0.05, 0) is 44.1 Å². The molecule has 0 saturated heterocycles. The topological polar surface area (TPSA) is 49.8 Å². The SMILES string of the molecule is COc1ccc(CCN(C)C)cc1CCC(=O)O. The van der Waals surface area contributed by atoms with Crippen LogP contribution in [-0.4, -0.2) is 43.7 Å². The first-order valence-electron chi connectivity index (χ1n) is 6.05. The molecule has 0 unspecified atom stereocenters. The molecule has 1 aromatic carbocycles. The number of hydrogen-bond acceptors (Lipinski definition) is 3. The molecule has 100 valence electrons. The van der Waals surface area contributed by atoms with Crippen LogP contribution in [0.15, 0.2) is 18.2 Å². The number of carbonyl (C=O) groups is 1. The first-order chi connectivity index (χ1) is 8.52. The van der Waals surface area contributed by atoms with Crippen LogP contribution in [0, 0.1) is 0 Å². The van der Waals surface area contributed by atoms with E-state index in [9.17, 15) is 4.79 Å². The number of aliphatic carboxylic acids is 1. The van der Waals surface area contributed by atoms with Gasteiger partial charge in [-0.15, -0.1) is 0 Å². The average Bonchev–Trinajstić information content (AvgIpc) is 2.33. The Labute approximate surface area is 108 Å². The Bertz CT molecular complexity index is 402. The van der Waals surface area contributed by atoms with Crippen LogP contribution in [0.5, 0.6) is 5.75 Å². The average molecular weight is 251 g/mol. The lowest BCUT2D eigenvalue weighted by molar-refractivity contribution is -0.136. The van der Waals surface area contributed by atoms with Crippen molar-refractivity contribution < 1.29 is 14.6 Å². The highest BCUT2D eigenvalue weighted by atomic mass is 16.5. The fraction of sp³-hybridized carbons (Fsp3) is 0.500. The van der Waals surface area contributed by atoms with Gasteiger partial charge in [-0.3, -0.25) is 4.79 Å². The van der Waals surface area contributed by atoms with Crippen LogP contribution in [0.4, 0.5) is 0 Å². The molecule has 0 aliphatic rings. The smallest absolute Gasteiger partial charge is 0.303 e. The first kappa shape index (κ1) is 14.5. The molecule has 0 atom stereocenters. The number of nitrogens with zero attached hydrogens (tertiary/aromatic N) is 1. The van der Waals surface area contributed by atoms with E-state index in [1.807, 2.05) is 32.3 Å². The Morgan fingerprint density at radius 2 is 2.06 bits per heavy atom. The molecule has 0 bridgehead atoms. The minimum atomic E-state index is -0.782. The van der Waals surface area contributed by atoms with Crippen LogP contribution in [-0.2, 0) is 17.6 Å². The van der Waals surface area contributed by atoms with Crippen molar-refractivity contribution in [2.24, 2.45) is 0 Å². The molecule has 1 rings (SSSR count). The van der Waals surface area contributed by atoms with Crippen molar-refractivity contribution in [1.29, 1.82) is 0 Å². The third kappa shape index (κ3) is 4.75. The summed E-state index contributed by atoms with van der Waals surface area (Å²) in [5.41, 5.74) is 2.18. The zero-order valence-electron chi connectivity index (χ0n) is 11.3. The van der Waals surface area contributed by atoms with Crippen LogP contribution in [0.25, 0.3) is 0 Å². The summed E-state index contributed by atoms with van der Waals surface area (Å²) in [5, 5.41) is 8.74. The summed E-state index contributed by atoms with van der Waals surface area (Å²) in [6.07, 6.45) is 1.60. The fourth-order valence-electron chi connectivity index (χ4n) is 1.78. The van der Waals surface area contributed by atoms with E-state index < -0.39 is 5.97 Å². The Morgan fingerprint density at radius 1 is 1.33 bits per heavy atom. The Kier molecular flexibility index (Phi) is 5.65. The molecular formula is C14H21NO3. The number of hydrogen-bond donors (Lipinski definition) is 1. The normalized spacial score (nSPS) is 10.7. The van der Waals surface area contributed by atoms with Gasteiger partial charge < -0.3 is 14.7 Å². The maximum atomic E-state index is 10.6. The number of likely N-dealkylation sites (N-methyl/N-ethyl adjacent to an activating group) is 1. The van der Waals surface area contributed by atoms with Crippen LogP contribution in [0.2, 0.25) is 0 Å². The summed E-state index contributed by atoms with van der Waals surface area (Å²) in [5.74, 6) is -0.0133. The van der Waals surface area contributed by atoms with E-state index in [1.54, 1.807) is 7.11 Å². The minimum Gasteiger partial charge on any atom is -0.496 e. The summed E-state index contributed by atoms with van der Waals surface area (Å²) in [6.45, 7) is 0.977. The van der Waals surface area contributed by atoms with Crippen LogP contribution in [0.1, 0.15) is 17.5 Å². The molecule has 0 aliphatic heterocycles. The lowest BCUT2D eigenvalue weighted by atomic mass is 10.0. The predicted octanol–water partition coefficient (Wildman–Crippen LogP) is 1.82. The number of rotatable bonds is 7. The molecule has 0 aromatic heterocycles. The highest BCUT2D eigenvalue weighted by molar-refractivity contribution is 5.67. The second-order valence-corrected chi connectivity index (χ2v) is 4.59. The van der Waals surface area contributed by atoms with Crippen LogP contribution >= 0.6 is 0 Å². The molecule has 0 amide bonds. The third-order valence-electron chi connectivity index (χ3n) is 2.80. The summed E-state index contributed by atoms with van der Waals surface area (Å²) in [6, 6.07) is 6.00. The van der Waals surface area contributed by atoms with Gasteiger partial charge in [0.05, 0.1) is 7.11 Å². The third-order valence-corrected chi connectivity index (χ3v) is 2.80.